The van der Waals surface area contributed by atoms with E-state index in [-0.39, 0.29) is 5.57 Å². The van der Waals surface area contributed by atoms with Gasteiger partial charge >= 0.3 is 0 Å². The molecule has 0 bridgehead atoms. The number of hydrogen-bond donors (Lipinski definition) is 1. The Morgan fingerprint density at radius 1 is 0.906 bits per heavy atom. The normalized spacial score (nSPS) is 10.9. The van der Waals surface area contributed by atoms with Crippen LogP contribution in [0.4, 0.5) is 5.69 Å². The van der Waals surface area contributed by atoms with Gasteiger partial charge in [0.1, 0.15) is 34.7 Å². The average molecular weight is 420 g/mol. The molecule has 0 saturated heterocycles. The molecule has 0 spiro atoms. The average Bonchev–Trinajstić information content (AvgIpc) is 3.28. The highest BCUT2D eigenvalue weighted by molar-refractivity contribution is 6.09. The first-order valence-electron chi connectivity index (χ1n) is 10.0. The molecule has 1 heterocycles. The number of carbonyl (C=O) groups excluding carboxylic acids is 1. The van der Waals surface area contributed by atoms with Crippen molar-refractivity contribution in [2.75, 3.05) is 5.32 Å². The number of nitrogens with one attached hydrogen (secondary N) is 1. The molecule has 156 valence electrons. The first kappa shape index (κ1) is 20.7. The summed E-state index contributed by atoms with van der Waals surface area (Å²) in [7, 11) is 0. The van der Waals surface area contributed by atoms with Gasteiger partial charge in [0, 0.05) is 17.3 Å². The molecule has 0 saturated carbocycles. The van der Waals surface area contributed by atoms with Gasteiger partial charge in [-0.25, -0.2) is 0 Å². The SMILES string of the molecule is Cc1ccc(-c2ccc(C=C(C#N)C(=O)Nc3ccc(Oc4ccccc4)cc3)o2)cc1. The first-order valence-corrected chi connectivity index (χ1v) is 10.0. The number of rotatable bonds is 6. The summed E-state index contributed by atoms with van der Waals surface area (Å²) in [6.45, 7) is 2.02. The second-order valence-electron chi connectivity index (χ2n) is 7.13. The predicted molar refractivity (Wildman–Crippen MR) is 124 cm³/mol. The molecule has 5 nitrogen and oxygen atoms in total. The molecule has 5 heteroatoms. The Labute approximate surface area is 186 Å². The fourth-order valence-corrected chi connectivity index (χ4v) is 3.02. The lowest BCUT2D eigenvalue weighted by atomic mass is 10.1. The summed E-state index contributed by atoms with van der Waals surface area (Å²) in [5.74, 6) is 1.95. The first-order chi connectivity index (χ1) is 15.6. The Bertz CT molecular complexity index is 1280. The lowest BCUT2D eigenvalue weighted by molar-refractivity contribution is -0.112. The highest BCUT2D eigenvalue weighted by Crippen LogP contribution is 2.25. The van der Waals surface area contributed by atoms with E-state index in [1.807, 2.05) is 73.7 Å². The van der Waals surface area contributed by atoms with E-state index in [2.05, 4.69) is 5.32 Å². The van der Waals surface area contributed by atoms with Crippen LogP contribution in [0.25, 0.3) is 17.4 Å². The molecule has 32 heavy (non-hydrogen) atoms. The van der Waals surface area contributed by atoms with Crippen LogP contribution in [-0.4, -0.2) is 5.91 Å². The van der Waals surface area contributed by atoms with Crippen molar-refractivity contribution in [3.05, 3.63) is 108 Å². The van der Waals surface area contributed by atoms with Crippen LogP contribution in [0.1, 0.15) is 11.3 Å². The lowest BCUT2D eigenvalue weighted by Crippen LogP contribution is -2.13. The van der Waals surface area contributed by atoms with Crippen LogP contribution in [-0.2, 0) is 4.79 Å². The van der Waals surface area contributed by atoms with Crippen molar-refractivity contribution >= 4 is 17.7 Å². The molecular formula is C27H20N2O3. The van der Waals surface area contributed by atoms with E-state index in [1.165, 1.54) is 6.08 Å². The van der Waals surface area contributed by atoms with E-state index in [9.17, 15) is 10.1 Å². The summed E-state index contributed by atoms with van der Waals surface area (Å²) in [6, 6.07) is 29.7. The van der Waals surface area contributed by atoms with Crippen molar-refractivity contribution in [3.8, 4) is 28.9 Å². The molecule has 1 aromatic heterocycles. The van der Waals surface area contributed by atoms with Crippen LogP contribution in [0, 0.1) is 18.3 Å². The van der Waals surface area contributed by atoms with E-state index >= 15 is 0 Å². The Morgan fingerprint density at radius 2 is 1.59 bits per heavy atom. The smallest absolute Gasteiger partial charge is 0.266 e. The van der Waals surface area contributed by atoms with Gasteiger partial charge in [0.05, 0.1) is 0 Å². The molecule has 3 aromatic carbocycles. The van der Waals surface area contributed by atoms with Crippen molar-refractivity contribution < 1.29 is 13.9 Å². The number of anilines is 1. The number of hydrogen-bond acceptors (Lipinski definition) is 4. The molecule has 1 N–H and O–H groups in total. The summed E-state index contributed by atoms with van der Waals surface area (Å²) in [5, 5.41) is 12.2. The number of nitrogens with zero attached hydrogens (tertiary/aromatic N) is 1. The van der Waals surface area contributed by atoms with Gasteiger partial charge in [-0.05, 0) is 55.5 Å². The number of amides is 1. The van der Waals surface area contributed by atoms with Gasteiger partial charge in [-0.15, -0.1) is 0 Å². The molecule has 4 rings (SSSR count). The third-order valence-electron chi connectivity index (χ3n) is 4.71. The summed E-state index contributed by atoms with van der Waals surface area (Å²) >= 11 is 0. The molecule has 0 aliphatic rings. The van der Waals surface area contributed by atoms with Crippen molar-refractivity contribution in [2.24, 2.45) is 0 Å². The van der Waals surface area contributed by atoms with Crippen molar-refractivity contribution in [2.45, 2.75) is 6.92 Å². The van der Waals surface area contributed by atoms with E-state index < -0.39 is 5.91 Å². The van der Waals surface area contributed by atoms with Gasteiger partial charge in [0.15, 0.2) is 0 Å². The van der Waals surface area contributed by atoms with Gasteiger partial charge in [-0.3, -0.25) is 4.79 Å². The maximum Gasteiger partial charge on any atom is 0.266 e. The number of ether oxygens (including phenoxy) is 1. The number of para-hydroxylation sites is 1. The summed E-state index contributed by atoms with van der Waals surface area (Å²) in [5.41, 5.74) is 2.58. The highest BCUT2D eigenvalue weighted by atomic mass is 16.5. The van der Waals surface area contributed by atoms with Gasteiger partial charge in [-0.1, -0.05) is 48.0 Å². The highest BCUT2D eigenvalue weighted by Gasteiger charge is 2.12. The predicted octanol–water partition coefficient (Wildman–Crippen LogP) is 6.59. The molecule has 0 aliphatic carbocycles. The fraction of sp³-hybridized carbons (Fsp3) is 0.0370. The number of nitriles is 1. The third-order valence-corrected chi connectivity index (χ3v) is 4.71. The monoisotopic (exact) mass is 420 g/mol. The molecule has 0 atom stereocenters. The minimum Gasteiger partial charge on any atom is -0.457 e. The van der Waals surface area contributed by atoms with Gasteiger partial charge < -0.3 is 14.5 Å². The Hall–Kier alpha value is -4.56. The molecule has 0 aliphatic heterocycles. The summed E-state index contributed by atoms with van der Waals surface area (Å²) in [6.07, 6.45) is 1.43. The third kappa shape index (κ3) is 5.13. The maximum absolute atomic E-state index is 12.6. The van der Waals surface area contributed by atoms with Gasteiger partial charge in [0.2, 0.25) is 0 Å². The minimum atomic E-state index is -0.516. The lowest BCUT2D eigenvalue weighted by Gasteiger charge is -2.07. The van der Waals surface area contributed by atoms with E-state index in [1.54, 1.807) is 30.3 Å². The summed E-state index contributed by atoms with van der Waals surface area (Å²) in [4.78, 5) is 12.6. The maximum atomic E-state index is 12.6. The number of carbonyl (C=O) groups is 1. The topological polar surface area (TPSA) is 75.3 Å². The molecule has 4 aromatic rings. The van der Waals surface area contributed by atoms with Crippen LogP contribution in [0.15, 0.2) is 101 Å². The van der Waals surface area contributed by atoms with Crippen LogP contribution >= 0.6 is 0 Å². The van der Waals surface area contributed by atoms with Crippen LogP contribution in [0.3, 0.4) is 0 Å². The van der Waals surface area contributed by atoms with E-state index in [0.717, 1.165) is 16.9 Å². The molecule has 1 amide bonds. The number of aryl methyl sites for hydroxylation is 1. The Kier molecular flexibility index (Phi) is 6.15. The number of benzene rings is 3. The van der Waals surface area contributed by atoms with Crippen LogP contribution in [0.5, 0.6) is 11.5 Å². The fourth-order valence-electron chi connectivity index (χ4n) is 3.02. The van der Waals surface area contributed by atoms with E-state index in [4.69, 9.17) is 9.15 Å². The zero-order chi connectivity index (χ0) is 22.3. The molecule has 0 radical (unpaired) electrons. The summed E-state index contributed by atoms with van der Waals surface area (Å²) < 4.78 is 11.5. The van der Waals surface area contributed by atoms with Crippen LogP contribution in [0.2, 0.25) is 0 Å². The quantitative estimate of drug-likeness (QED) is 0.282. The van der Waals surface area contributed by atoms with Crippen molar-refractivity contribution in [3.63, 3.8) is 0 Å². The number of furan rings is 1. The molecular weight excluding hydrogens is 400 g/mol. The Morgan fingerprint density at radius 3 is 2.28 bits per heavy atom. The van der Waals surface area contributed by atoms with Gasteiger partial charge in [-0.2, -0.15) is 5.26 Å². The van der Waals surface area contributed by atoms with Crippen LogP contribution < -0.4 is 10.1 Å². The standard InChI is InChI=1S/C27H20N2O3/c1-19-7-9-20(10-8-19)26-16-15-25(32-26)17-21(18-28)27(30)29-22-11-13-24(14-12-22)31-23-5-3-2-4-6-23/h2-17H,1H3,(H,29,30). The zero-order valence-electron chi connectivity index (χ0n) is 17.4. The second kappa shape index (κ2) is 9.50. The molecule has 0 fully saturated rings. The largest absolute Gasteiger partial charge is 0.457 e. The minimum absolute atomic E-state index is 0.0561. The second-order valence-corrected chi connectivity index (χ2v) is 7.13. The molecule has 0 unspecified atom stereocenters. The Balaban J connectivity index is 1.43. The zero-order valence-corrected chi connectivity index (χ0v) is 17.4. The van der Waals surface area contributed by atoms with Crippen molar-refractivity contribution in [1.29, 1.82) is 5.26 Å². The van der Waals surface area contributed by atoms with Crippen molar-refractivity contribution in [1.82, 2.24) is 0 Å². The van der Waals surface area contributed by atoms with Gasteiger partial charge in [0.25, 0.3) is 5.91 Å². The van der Waals surface area contributed by atoms with E-state index in [0.29, 0.717) is 23.0 Å².